The van der Waals surface area contributed by atoms with Crippen molar-refractivity contribution < 1.29 is 14.3 Å². The standard InChI is InChI=1S/C40H61N5O3/c1-35(2)10-12-40(34(46)47)13-11-39(7)31(28(40)21-35)26(24-18-25(48-23-24)22-45-16-14-44-15-17-45)19-30-37(5)20-27(33(42)43)32(41)36(3,4)29(37)8-9-38(30,39)6/h18,23,28-30,41,44H,8-17,19-22,42-43H2,1-7H3,(H,46,47)/t28?,29?,30?,37-,38+,39+,40-/m0/s1. The third kappa shape index (κ3) is 4.66. The first-order chi connectivity index (χ1) is 22.4. The maximum atomic E-state index is 13.5. The van der Waals surface area contributed by atoms with Crippen LogP contribution >= 0.6 is 0 Å². The van der Waals surface area contributed by atoms with E-state index in [9.17, 15) is 15.3 Å². The van der Waals surface area contributed by atoms with Crippen LogP contribution in [0.1, 0.15) is 118 Å². The molecule has 7 rings (SSSR count). The number of piperazine rings is 1. The molecule has 0 amide bonds. The lowest BCUT2D eigenvalue weighted by Crippen LogP contribution is -2.65. The largest absolute Gasteiger partial charge is 0.481 e. The lowest BCUT2D eigenvalue weighted by Gasteiger charge is -2.71. The van der Waals surface area contributed by atoms with Crippen molar-refractivity contribution in [2.75, 3.05) is 26.2 Å². The highest BCUT2D eigenvalue weighted by atomic mass is 16.4. The molecule has 48 heavy (non-hydrogen) atoms. The van der Waals surface area contributed by atoms with Crippen LogP contribution in [0.5, 0.6) is 0 Å². The molecule has 1 saturated heterocycles. The van der Waals surface area contributed by atoms with E-state index in [4.69, 9.17) is 15.9 Å². The van der Waals surface area contributed by atoms with Gasteiger partial charge in [-0.3, -0.25) is 9.69 Å². The van der Waals surface area contributed by atoms with Gasteiger partial charge in [-0.05, 0) is 109 Å². The molecule has 8 nitrogen and oxygen atoms in total. The minimum absolute atomic E-state index is 0.00607. The molecule has 1 aromatic heterocycles. The second-order valence-electron chi connectivity index (χ2n) is 18.9. The fourth-order valence-corrected chi connectivity index (χ4v) is 12.8. The van der Waals surface area contributed by atoms with Crippen LogP contribution in [0.2, 0.25) is 0 Å². The molecule has 0 bridgehead atoms. The Hall–Kier alpha value is -2.58. The summed E-state index contributed by atoms with van der Waals surface area (Å²) in [6.07, 6.45) is 9.93. The molecule has 2 heterocycles. The van der Waals surface area contributed by atoms with Crippen LogP contribution in [0.25, 0.3) is 5.57 Å². The topological polar surface area (TPSA) is 142 Å². The number of fused-ring (bicyclic) bond motifs is 7. The van der Waals surface area contributed by atoms with Gasteiger partial charge < -0.3 is 31.7 Å². The quantitative estimate of drug-likeness (QED) is 0.231. The number of rotatable bonds is 4. The maximum absolute atomic E-state index is 13.5. The second kappa shape index (κ2) is 11.0. The lowest BCUT2D eigenvalue weighted by molar-refractivity contribution is -0.176. The summed E-state index contributed by atoms with van der Waals surface area (Å²) < 4.78 is 6.39. The number of nitrogens with two attached hydrogens (primary N) is 2. The molecular formula is C40H61N5O3. The van der Waals surface area contributed by atoms with E-state index in [1.807, 2.05) is 6.26 Å². The number of carbonyl (C=O) groups is 1. The van der Waals surface area contributed by atoms with Gasteiger partial charge in [-0.25, -0.2) is 0 Å². The molecule has 0 radical (unpaired) electrons. The van der Waals surface area contributed by atoms with Crippen molar-refractivity contribution in [2.24, 2.45) is 61.7 Å². The molecule has 4 saturated carbocycles. The summed E-state index contributed by atoms with van der Waals surface area (Å²) in [5, 5.41) is 23.8. The number of aliphatic carboxylic acids is 1. The molecule has 3 unspecified atom stereocenters. The van der Waals surface area contributed by atoms with E-state index in [-0.39, 0.29) is 33.0 Å². The zero-order valence-electron chi connectivity index (χ0n) is 30.7. The van der Waals surface area contributed by atoms with Crippen molar-refractivity contribution in [3.8, 4) is 0 Å². The molecule has 7 N–H and O–H groups in total. The predicted octanol–water partition coefficient (Wildman–Crippen LogP) is 7.16. The van der Waals surface area contributed by atoms with E-state index in [2.05, 4.69) is 64.7 Å². The predicted molar refractivity (Wildman–Crippen MR) is 191 cm³/mol. The minimum atomic E-state index is -0.723. The smallest absolute Gasteiger partial charge is 0.310 e. The number of nitrogens with zero attached hydrogens (tertiary/aromatic N) is 1. The first-order valence-electron chi connectivity index (χ1n) is 18.7. The summed E-state index contributed by atoms with van der Waals surface area (Å²) in [5.41, 5.74) is 16.8. The molecule has 0 aromatic carbocycles. The van der Waals surface area contributed by atoms with Gasteiger partial charge in [0.05, 0.1) is 24.0 Å². The summed E-state index contributed by atoms with van der Waals surface area (Å²) in [5.74, 6) is 1.31. The van der Waals surface area contributed by atoms with Gasteiger partial charge in [0.1, 0.15) is 5.76 Å². The van der Waals surface area contributed by atoms with E-state index in [1.54, 1.807) is 0 Å². The number of nitrogens with one attached hydrogen (secondary N) is 2. The van der Waals surface area contributed by atoms with Crippen LogP contribution in [0.15, 0.2) is 33.7 Å². The zero-order valence-corrected chi connectivity index (χ0v) is 30.7. The Bertz CT molecular complexity index is 1580. The molecule has 5 aliphatic carbocycles. The Balaban J connectivity index is 1.43. The van der Waals surface area contributed by atoms with Crippen LogP contribution in [0, 0.1) is 55.7 Å². The summed E-state index contributed by atoms with van der Waals surface area (Å²) >= 11 is 0. The fourth-order valence-electron chi connectivity index (χ4n) is 12.8. The van der Waals surface area contributed by atoms with Crippen LogP contribution in [-0.4, -0.2) is 47.9 Å². The van der Waals surface area contributed by atoms with Gasteiger partial charge in [-0.1, -0.05) is 54.0 Å². The molecule has 1 aliphatic heterocycles. The van der Waals surface area contributed by atoms with Crippen molar-refractivity contribution in [2.45, 2.75) is 113 Å². The summed E-state index contributed by atoms with van der Waals surface area (Å²) in [4.78, 5) is 15.9. The Kier molecular flexibility index (Phi) is 7.74. The third-order valence-electron chi connectivity index (χ3n) is 15.7. The van der Waals surface area contributed by atoms with Crippen molar-refractivity contribution in [1.29, 1.82) is 5.41 Å². The van der Waals surface area contributed by atoms with E-state index < -0.39 is 11.4 Å². The normalized spacial score (nSPS) is 40.8. The number of carboxylic acids is 1. The number of hydrogen-bond donors (Lipinski definition) is 5. The zero-order chi connectivity index (χ0) is 34.7. The molecule has 0 spiro atoms. The summed E-state index contributed by atoms with van der Waals surface area (Å²) in [7, 11) is 0. The molecule has 5 fully saturated rings. The highest BCUT2D eigenvalue weighted by Gasteiger charge is 2.70. The average molecular weight is 660 g/mol. The molecule has 6 aliphatic rings. The first-order valence-corrected chi connectivity index (χ1v) is 18.7. The van der Waals surface area contributed by atoms with E-state index in [1.165, 1.54) is 11.1 Å². The fraction of sp³-hybridized carbons (Fsp3) is 0.750. The van der Waals surface area contributed by atoms with Gasteiger partial charge in [-0.15, -0.1) is 0 Å². The van der Waals surface area contributed by atoms with Crippen molar-refractivity contribution in [3.05, 3.63) is 40.6 Å². The summed E-state index contributed by atoms with van der Waals surface area (Å²) in [6.45, 7) is 21.5. The van der Waals surface area contributed by atoms with Crippen molar-refractivity contribution in [1.82, 2.24) is 10.2 Å². The van der Waals surface area contributed by atoms with E-state index >= 15 is 0 Å². The third-order valence-corrected chi connectivity index (χ3v) is 15.7. The van der Waals surface area contributed by atoms with Gasteiger partial charge in [0, 0.05) is 48.4 Å². The number of allylic oxidation sites excluding steroid dienone is 3. The Morgan fingerprint density at radius 1 is 1.02 bits per heavy atom. The van der Waals surface area contributed by atoms with Crippen LogP contribution in [0.3, 0.4) is 0 Å². The van der Waals surface area contributed by atoms with Crippen LogP contribution < -0.4 is 16.8 Å². The van der Waals surface area contributed by atoms with Crippen molar-refractivity contribution in [3.63, 3.8) is 0 Å². The van der Waals surface area contributed by atoms with Crippen LogP contribution in [0.4, 0.5) is 0 Å². The minimum Gasteiger partial charge on any atom is -0.481 e. The van der Waals surface area contributed by atoms with E-state index in [0.29, 0.717) is 23.4 Å². The Morgan fingerprint density at radius 2 is 1.71 bits per heavy atom. The highest BCUT2D eigenvalue weighted by molar-refractivity contribution is 6.03. The molecule has 1 aromatic rings. The van der Waals surface area contributed by atoms with Gasteiger partial charge >= 0.3 is 5.97 Å². The first kappa shape index (κ1) is 33.9. The molecule has 7 atom stereocenters. The SMILES string of the molecule is CC1(C)CC[C@]2(C(=O)O)CC[C@]3(C)C(=C(c4coc(CN5CCNCC5)c4)CC4[C@@]5(C)CC(=C(N)N)C(=N)C(C)(C)C5CC[C@]43C)C2C1. The lowest BCUT2D eigenvalue weighted by atomic mass is 9.32. The van der Waals surface area contributed by atoms with Crippen LogP contribution in [-0.2, 0) is 11.3 Å². The van der Waals surface area contributed by atoms with Gasteiger partial charge in [0.2, 0.25) is 0 Å². The van der Waals surface area contributed by atoms with Gasteiger partial charge in [0.25, 0.3) is 0 Å². The average Bonchev–Trinajstić information content (AvgIpc) is 3.47. The Morgan fingerprint density at radius 3 is 2.38 bits per heavy atom. The Labute approximate surface area is 288 Å². The van der Waals surface area contributed by atoms with Gasteiger partial charge in [0.15, 0.2) is 0 Å². The van der Waals surface area contributed by atoms with Crippen molar-refractivity contribution >= 4 is 17.3 Å². The second-order valence-corrected chi connectivity index (χ2v) is 18.9. The van der Waals surface area contributed by atoms with Gasteiger partial charge in [-0.2, -0.15) is 0 Å². The maximum Gasteiger partial charge on any atom is 0.310 e. The summed E-state index contributed by atoms with van der Waals surface area (Å²) in [6, 6.07) is 2.28. The highest BCUT2D eigenvalue weighted by Crippen LogP contribution is 2.77. The monoisotopic (exact) mass is 659 g/mol. The van der Waals surface area contributed by atoms with E-state index in [0.717, 1.165) is 107 Å². The molecule has 8 heteroatoms. The number of carboxylic acid groups (broad SMARTS) is 1. The number of hydrogen-bond acceptors (Lipinski definition) is 7. The molecule has 264 valence electrons. The molecular weight excluding hydrogens is 598 g/mol. The number of furan rings is 1.